The molecule has 1 aromatic heterocycles. The van der Waals surface area contributed by atoms with E-state index in [2.05, 4.69) is 16.3 Å². The maximum atomic E-state index is 11.8. The van der Waals surface area contributed by atoms with Crippen LogP contribution < -0.4 is 10.9 Å². The predicted molar refractivity (Wildman–Crippen MR) is 70.3 cm³/mol. The molecule has 0 bridgehead atoms. The van der Waals surface area contributed by atoms with Crippen LogP contribution in [-0.4, -0.2) is 15.8 Å². The minimum atomic E-state index is -0.272. The summed E-state index contributed by atoms with van der Waals surface area (Å²) >= 11 is 5.99. The van der Waals surface area contributed by atoms with Crippen LogP contribution in [0.5, 0.6) is 0 Å². The molecule has 0 spiro atoms. The first kappa shape index (κ1) is 13.6. The normalized spacial score (nSPS) is 11.9. The highest BCUT2D eigenvalue weighted by atomic mass is 35.5. The quantitative estimate of drug-likeness (QED) is 0.818. The van der Waals surface area contributed by atoms with Crippen LogP contribution in [0.15, 0.2) is 11.0 Å². The summed E-state index contributed by atoms with van der Waals surface area (Å²) in [6.07, 6.45) is 8.17. The lowest BCUT2D eigenvalue weighted by Crippen LogP contribution is -2.25. The molecule has 0 aromatic carbocycles. The van der Waals surface area contributed by atoms with Crippen molar-refractivity contribution in [1.29, 1.82) is 0 Å². The van der Waals surface area contributed by atoms with E-state index in [-0.39, 0.29) is 16.6 Å². The number of hydrogen-bond donors (Lipinski definition) is 1. The fraction of sp³-hybridized carbons (Fsp3) is 0.500. The molecular formula is C12H16ClN3O. The van der Waals surface area contributed by atoms with Gasteiger partial charge in [0.25, 0.3) is 5.56 Å². The van der Waals surface area contributed by atoms with Gasteiger partial charge in [-0.3, -0.25) is 4.79 Å². The van der Waals surface area contributed by atoms with Gasteiger partial charge in [-0.15, -0.1) is 12.3 Å². The summed E-state index contributed by atoms with van der Waals surface area (Å²) in [5, 5.41) is 7.28. The zero-order valence-electron chi connectivity index (χ0n) is 10.0. The molecule has 0 aliphatic carbocycles. The molecule has 0 saturated carbocycles. The predicted octanol–water partition coefficient (Wildman–Crippen LogP) is 2.13. The van der Waals surface area contributed by atoms with E-state index in [0.717, 1.165) is 6.42 Å². The third kappa shape index (κ3) is 3.50. The van der Waals surface area contributed by atoms with Gasteiger partial charge in [-0.05, 0) is 13.3 Å². The van der Waals surface area contributed by atoms with Gasteiger partial charge in [0.1, 0.15) is 5.02 Å². The SMILES string of the molecule is C#CCC(C)Nc1cnn(CCC)c(=O)c1Cl. The van der Waals surface area contributed by atoms with Gasteiger partial charge in [0.05, 0.1) is 11.9 Å². The first-order valence-electron chi connectivity index (χ1n) is 5.55. The van der Waals surface area contributed by atoms with Crippen molar-refractivity contribution in [3.05, 3.63) is 21.6 Å². The zero-order valence-corrected chi connectivity index (χ0v) is 10.8. The van der Waals surface area contributed by atoms with E-state index < -0.39 is 0 Å². The molecule has 0 fully saturated rings. The molecular weight excluding hydrogens is 238 g/mol. The number of nitrogens with one attached hydrogen (secondary N) is 1. The lowest BCUT2D eigenvalue weighted by atomic mass is 10.2. The molecule has 1 unspecified atom stereocenters. The van der Waals surface area contributed by atoms with Crippen LogP contribution in [0.4, 0.5) is 5.69 Å². The second-order valence-electron chi connectivity index (χ2n) is 3.85. The number of nitrogens with zero attached hydrogens (tertiary/aromatic N) is 2. The first-order chi connectivity index (χ1) is 8.10. The Labute approximate surface area is 106 Å². The number of anilines is 1. The average molecular weight is 254 g/mol. The Balaban J connectivity index is 2.93. The summed E-state index contributed by atoms with van der Waals surface area (Å²) < 4.78 is 1.36. The van der Waals surface area contributed by atoms with Gasteiger partial charge in [0, 0.05) is 19.0 Å². The number of aryl methyl sites for hydroxylation is 1. The molecule has 0 aliphatic heterocycles. The third-order valence-electron chi connectivity index (χ3n) is 2.25. The maximum absolute atomic E-state index is 11.8. The van der Waals surface area contributed by atoms with Crippen molar-refractivity contribution >= 4 is 17.3 Å². The highest BCUT2D eigenvalue weighted by molar-refractivity contribution is 6.32. The molecule has 1 N–H and O–H groups in total. The molecule has 0 amide bonds. The standard InChI is InChI=1S/C12H16ClN3O/c1-4-6-9(3)15-10-8-14-16(7-5-2)12(17)11(10)13/h1,8-9,15H,5-7H2,2-3H3. The molecule has 0 aliphatic rings. The van der Waals surface area contributed by atoms with Crippen LogP contribution in [0.2, 0.25) is 5.02 Å². The average Bonchev–Trinajstić information content (AvgIpc) is 2.29. The van der Waals surface area contributed by atoms with Crippen LogP contribution in [0, 0.1) is 12.3 Å². The van der Waals surface area contributed by atoms with E-state index in [4.69, 9.17) is 18.0 Å². The smallest absolute Gasteiger partial charge is 0.287 e. The first-order valence-corrected chi connectivity index (χ1v) is 5.93. The molecule has 1 atom stereocenters. The van der Waals surface area contributed by atoms with Crippen molar-refractivity contribution in [3.8, 4) is 12.3 Å². The lowest BCUT2D eigenvalue weighted by Gasteiger charge is -2.14. The summed E-state index contributed by atoms with van der Waals surface area (Å²) in [4.78, 5) is 11.8. The molecule has 92 valence electrons. The summed E-state index contributed by atoms with van der Waals surface area (Å²) in [5.41, 5.74) is 0.262. The Kier molecular flexibility index (Phi) is 5.05. The summed E-state index contributed by atoms with van der Waals surface area (Å²) in [6.45, 7) is 4.47. The molecule has 1 heterocycles. The van der Waals surface area contributed by atoms with Crippen molar-refractivity contribution in [2.24, 2.45) is 0 Å². The van der Waals surface area contributed by atoms with Crippen LogP contribution >= 0.6 is 11.6 Å². The third-order valence-corrected chi connectivity index (χ3v) is 2.61. The van der Waals surface area contributed by atoms with Gasteiger partial charge >= 0.3 is 0 Å². The Morgan fingerprint density at radius 1 is 1.71 bits per heavy atom. The number of terminal acetylenes is 1. The van der Waals surface area contributed by atoms with E-state index in [0.29, 0.717) is 18.7 Å². The summed E-state index contributed by atoms with van der Waals surface area (Å²) in [7, 11) is 0. The number of rotatable bonds is 5. The molecule has 4 nitrogen and oxygen atoms in total. The van der Waals surface area contributed by atoms with Gasteiger partial charge in [-0.25, -0.2) is 4.68 Å². The number of hydrogen-bond acceptors (Lipinski definition) is 3. The minimum Gasteiger partial charge on any atom is -0.379 e. The van der Waals surface area contributed by atoms with E-state index in [1.54, 1.807) is 6.20 Å². The highest BCUT2D eigenvalue weighted by Crippen LogP contribution is 2.16. The van der Waals surface area contributed by atoms with Crippen LogP contribution in [-0.2, 0) is 6.54 Å². The molecule has 1 aromatic rings. The van der Waals surface area contributed by atoms with E-state index in [1.165, 1.54) is 4.68 Å². The fourth-order valence-corrected chi connectivity index (χ4v) is 1.63. The fourth-order valence-electron chi connectivity index (χ4n) is 1.43. The van der Waals surface area contributed by atoms with E-state index in [1.807, 2.05) is 13.8 Å². The Bertz CT molecular complexity index is 476. The molecule has 0 saturated heterocycles. The second-order valence-corrected chi connectivity index (χ2v) is 4.23. The topological polar surface area (TPSA) is 46.9 Å². The summed E-state index contributed by atoms with van der Waals surface area (Å²) in [6, 6.07) is 0.0562. The maximum Gasteiger partial charge on any atom is 0.287 e. The monoisotopic (exact) mass is 253 g/mol. The highest BCUT2D eigenvalue weighted by Gasteiger charge is 2.10. The van der Waals surface area contributed by atoms with Gasteiger partial charge in [0.2, 0.25) is 0 Å². The van der Waals surface area contributed by atoms with Crippen LogP contribution in [0.3, 0.4) is 0 Å². The Morgan fingerprint density at radius 3 is 3.00 bits per heavy atom. The van der Waals surface area contributed by atoms with Crippen molar-refractivity contribution in [1.82, 2.24) is 9.78 Å². The van der Waals surface area contributed by atoms with Crippen molar-refractivity contribution in [3.63, 3.8) is 0 Å². The number of aromatic nitrogens is 2. The number of halogens is 1. The van der Waals surface area contributed by atoms with Gasteiger partial charge < -0.3 is 5.32 Å². The molecule has 0 radical (unpaired) electrons. The lowest BCUT2D eigenvalue weighted by molar-refractivity contribution is 0.568. The van der Waals surface area contributed by atoms with Gasteiger partial charge in [0.15, 0.2) is 0 Å². The van der Waals surface area contributed by atoms with E-state index >= 15 is 0 Å². The van der Waals surface area contributed by atoms with Crippen LogP contribution in [0.25, 0.3) is 0 Å². The van der Waals surface area contributed by atoms with Crippen molar-refractivity contribution in [2.75, 3.05) is 5.32 Å². The van der Waals surface area contributed by atoms with Crippen molar-refractivity contribution < 1.29 is 0 Å². The largest absolute Gasteiger partial charge is 0.379 e. The Morgan fingerprint density at radius 2 is 2.41 bits per heavy atom. The van der Waals surface area contributed by atoms with E-state index in [9.17, 15) is 4.79 Å². The molecule has 5 heteroatoms. The second kappa shape index (κ2) is 6.31. The zero-order chi connectivity index (χ0) is 12.8. The minimum absolute atomic E-state index is 0.0562. The molecule has 1 rings (SSSR count). The van der Waals surface area contributed by atoms with Gasteiger partial charge in [-0.1, -0.05) is 18.5 Å². The Hall–Kier alpha value is -1.47. The van der Waals surface area contributed by atoms with Crippen LogP contribution in [0.1, 0.15) is 26.7 Å². The van der Waals surface area contributed by atoms with Gasteiger partial charge in [-0.2, -0.15) is 5.10 Å². The summed E-state index contributed by atoms with van der Waals surface area (Å²) in [5.74, 6) is 2.54. The van der Waals surface area contributed by atoms with Crippen molar-refractivity contribution in [2.45, 2.75) is 39.3 Å². The molecule has 17 heavy (non-hydrogen) atoms.